The number of carbonyl (C=O) groups excluding carboxylic acids is 1. The number of phenolic OH excluding ortho intramolecular Hbond substituents is 1. The Bertz CT molecular complexity index is 1140. The van der Waals surface area contributed by atoms with Crippen LogP contribution in [0.5, 0.6) is 11.5 Å². The second kappa shape index (κ2) is 9.00. The molecule has 3 aromatic rings. The molecule has 0 aliphatic heterocycles. The van der Waals surface area contributed by atoms with E-state index in [-0.39, 0.29) is 11.7 Å². The van der Waals surface area contributed by atoms with Crippen molar-refractivity contribution in [3.63, 3.8) is 0 Å². The Hall–Kier alpha value is -4.02. The fraction of sp³-hybridized carbons (Fsp3) is 0.333. The van der Waals surface area contributed by atoms with E-state index >= 15 is 0 Å². The Morgan fingerprint density at radius 2 is 2.00 bits per heavy atom. The molecule has 2 heterocycles. The molecule has 0 saturated carbocycles. The second-order valence-corrected chi connectivity index (χ2v) is 7.50. The molecule has 1 amide bonds. The van der Waals surface area contributed by atoms with Gasteiger partial charge in [0.1, 0.15) is 28.8 Å². The summed E-state index contributed by atoms with van der Waals surface area (Å²) >= 11 is 0. The summed E-state index contributed by atoms with van der Waals surface area (Å²) in [6.45, 7) is 4.16. The van der Waals surface area contributed by atoms with Crippen LogP contribution in [0.2, 0.25) is 0 Å². The standard InChI is InChI=1S/C21H28N8O3/c1-12-16(31)7-17(32-6)13(2)18(12)27(3)10-14-8-23-21(26-20(14)28(4)11-30)25-15-9-24-29(5)19(15)22/h7-9,11,31H,10,22H2,1-6H3,(H,23,25,26). The first-order valence-electron chi connectivity index (χ1n) is 9.84. The number of hydrogen-bond acceptors (Lipinski definition) is 9. The maximum Gasteiger partial charge on any atom is 0.229 e. The van der Waals surface area contributed by atoms with Gasteiger partial charge in [0.2, 0.25) is 12.4 Å². The number of benzene rings is 1. The van der Waals surface area contributed by atoms with E-state index in [1.54, 1.807) is 39.7 Å². The number of nitrogens with one attached hydrogen (secondary N) is 1. The van der Waals surface area contributed by atoms with Gasteiger partial charge in [-0.15, -0.1) is 0 Å². The number of aryl methyl sites for hydroxylation is 1. The van der Waals surface area contributed by atoms with E-state index in [9.17, 15) is 9.90 Å². The minimum atomic E-state index is 0.143. The molecule has 0 aliphatic rings. The van der Waals surface area contributed by atoms with Gasteiger partial charge in [-0.25, -0.2) is 4.98 Å². The van der Waals surface area contributed by atoms with Gasteiger partial charge in [-0.05, 0) is 13.8 Å². The minimum absolute atomic E-state index is 0.143. The Kier molecular flexibility index (Phi) is 6.37. The molecule has 11 nitrogen and oxygen atoms in total. The van der Waals surface area contributed by atoms with Crippen LogP contribution in [0, 0.1) is 13.8 Å². The van der Waals surface area contributed by atoms with E-state index in [0.29, 0.717) is 41.6 Å². The lowest BCUT2D eigenvalue weighted by Crippen LogP contribution is -2.24. The summed E-state index contributed by atoms with van der Waals surface area (Å²) in [6.07, 6.45) is 3.91. The molecule has 1 aromatic carbocycles. The van der Waals surface area contributed by atoms with Crippen LogP contribution in [0.25, 0.3) is 0 Å². The van der Waals surface area contributed by atoms with E-state index in [1.165, 1.54) is 9.58 Å². The molecule has 11 heteroatoms. The number of ether oxygens (including phenoxy) is 1. The van der Waals surface area contributed by atoms with Crippen LogP contribution < -0.4 is 25.6 Å². The fourth-order valence-corrected chi connectivity index (χ4v) is 3.57. The molecule has 0 spiro atoms. The first-order chi connectivity index (χ1) is 15.2. The summed E-state index contributed by atoms with van der Waals surface area (Å²) < 4.78 is 6.92. The van der Waals surface area contributed by atoms with Crippen molar-refractivity contribution in [3.05, 3.63) is 35.2 Å². The average Bonchev–Trinajstić information content (AvgIpc) is 3.08. The molecule has 170 valence electrons. The van der Waals surface area contributed by atoms with E-state index < -0.39 is 0 Å². The molecule has 0 bridgehead atoms. The molecule has 0 atom stereocenters. The van der Waals surface area contributed by atoms with Crippen molar-refractivity contribution in [2.45, 2.75) is 20.4 Å². The lowest BCUT2D eigenvalue weighted by atomic mass is 10.0. The molecular formula is C21H28N8O3. The molecular weight excluding hydrogens is 412 g/mol. The van der Waals surface area contributed by atoms with Gasteiger partial charge in [-0.1, -0.05) is 0 Å². The highest BCUT2D eigenvalue weighted by Crippen LogP contribution is 2.38. The van der Waals surface area contributed by atoms with Crippen LogP contribution in [0.15, 0.2) is 18.5 Å². The fourth-order valence-electron chi connectivity index (χ4n) is 3.57. The van der Waals surface area contributed by atoms with Crippen molar-refractivity contribution in [1.82, 2.24) is 19.7 Å². The number of anilines is 5. The highest BCUT2D eigenvalue weighted by Gasteiger charge is 2.19. The quantitative estimate of drug-likeness (QED) is 0.450. The van der Waals surface area contributed by atoms with Crippen LogP contribution in [-0.4, -0.2) is 52.5 Å². The average molecular weight is 441 g/mol. The molecule has 0 aliphatic carbocycles. The zero-order chi connectivity index (χ0) is 23.6. The van der Waals surface area contributed by atoms with Gasteiger partial charge in [0.05, 0.1) is 19.0 Å². The van der Waals surface area contributed by atoms with Gasteiger partial charge >= 0.3 is 0 Å². The number of methoxy groups -OCH3 is 1. The van der Waals surface area contributed by atoms with Gasteiger partial charge in [-0.3, -0.25) is 9.48 Å². The number of nitrogen functional groups attached to an aromatic ring is 1. The molecule has 2 aromatic heterocycles. The number of amides is 1. The SMILES string of the molecule is COc1cc(O)c(C)c(N(C)Cc2cnc(Nc3cnn(C)c3N)nc2N(C)C=O)c1C. The number of nitrogens with zero attached hydrogens (tertiary/aromatic N) is 6. The first kappa shape index (κ1) is 22.7. The van der Waals surface area contributed by atoms with Gasteiger partial charge in [-0.2, -0.15) is 10.1 Å². The Morgan fingerprint density at radius 1 is 1.28 bits per heavy atom. The van der Waals surface area contributed by atoms with Crippen molar-refractivity contribution < 1.29 is 14.6 Å². The normalized spacial score (nSPS) is 10.7. The largest absolute Gasteiger partial charge is 0.507 e. The maximum atomic E-state index is 11.5. The zero-order valence-corrected chi connectivity index (χ0v) is 19.0. The third-order valence-corrected chi connectivity index (χ3v) is 5.31. The maximum absolute atomic E-state index is 11.5. The summed E-state index contributed by atoms with van der Waals surface area (Å²) in [7, 11) is 6.80. The van der Waals surface area contributed by atoms with Gasteiger partial charge in [0, 0.05) is 56.6 Å². The van der Waals surface area contributed by atoms with Crippen molar-refractivity contribution in [2.75, 3.05) is 42.1 Å². The predicted octanol–water partition coefficient (Wildman–Crippen LogP) is 2.10. The van der Waals surface area contributed by atoms with Gasteiger partial charge in [0.25, 0.3) is 0 Å². The Balaban J connectivity index is 1.96. The van der Waals surface area contributed by atoms with Crippen molar-refractivity contribution in [1.29, 1.82) is 0 Å². The third kappa shape index (κ3) is 4.22. The molecule has 0 saturated heterocycles. The summed E-state index contributed by atoms with van der Waals surface area (Å²) in [5.41, 5.74) is 9.70. The highest BCUT2D eigenvalue weighted by atomic mass is 16.5. The topological polar surface area (TPSA) is 135 Å². The molecule has 3 rings (SSSR count). The van der Waals surface area contributed by atoms with E-state index in [1.807, 2.05) is 25.8 Å². The molecule has 32 heavy (non-hydrogen) atoms. The Labute approximate surface area is 186 Å². The zero-order valence-electron chi connectivity index (χ0n) is 19.0. The summed E-state index contributed by atoms with van der Waals surface area (Å²) in [5.74, 6) is 1.89. The Morgan fingerprint density at radius 3 is 2.59 bits per heavy atom. The smallest absolute Gasteiger partial charge is 0.229 e. The lowest BCUT2D eigenvalue weighted by Gasteiger charge is -2.27. The van der Waals surface area contributed by atoms with Crippen LogP contribution in [0.1, 0.15) is 16.7 Å². The van der Waals surface area contributed by atoms with Gasteiger partial charge in [0.15, 0.2) is 0 Å². The summed E-state index contributed by atoms with van der Waals surface area (Å²) in [4.78, 5) is 23.8. The van der Waals surface area contributed by atoms with Crippen molar-refractivity contribution in [2.24, 2.45) is 7.05 Å². The first-order valence-corrected chi connectivity index (χ1v) is 9.84. The minimum Gasteiger partial charge on any atom is -0.507 e. The third-order valence-electron chi connectivity index (χ3n) is 5.31. The summed E-state index contributed by atoms with van der Waals surface area (Å²) in [6, 6.07) is 1.60. The highest BCUT2D eigenvalue weighted by molar-refractivity contribution is 5.76. The van der Waals surface area contributed by atoms with Crippen LogP contribution in [0.3, 0.4) is 0 Å². The van der Waals surface area contributed by atoms with E-state index in [4.69, 9.17) is 10.5 Å². The number of rotatable bonds is 8. The molecule has 0 fully saturated rings. The number of aromatic nitrogens is 4. The van der Waals surface area contributed by atoms with Crippen LogP contribution in [0.4, 0.5) is 29.0 Å². The molecule has 4 N–H and O–H groups in total. The van der Waals surface area contributed by atoms with Crippen LogP contribution in [-0.2, 0) is 18.4 Å². The number of nitrogens with two attached hydrogens (primary N) is 1. The second-order valence-electron chi connectivity index (χ2n) is 7.50. The predicted molar refractivity (Wildman–Crippen MR) is 124 cm³/mol. The van der Waals surface area contributed by atoms with Gasteiger partial charge < -0.3 is 30.7 Å². The van der Waals surface area contributed by atoms with E-state index in [2.05, 4.69) is 20.4 Å². The lowest BCUT2D eigenvalue weighted by molar-refractivity contribution is -0.107. The molecule has 0 radical (unpaired) electrons. The van der Waals surface area contributed by atoms with E-state index in [0.717, 1.165) is 16.8 Å². The monoisotopic (exact) mass is 440 g/mol. The number of phenols is 1. The van der Waals surface area contributed by atoms with Crippen LogP contribution >= 0.6 is 0 Å². The number of hydrogen-bond donors (Lipinski definition) is 3. The number of aromatic hydroxyl groups is 1. The summed E-state index contributed by atoms with van der Waals surface area (Å²) in [5, 5.41) is 17.4. The van der Waals surface area contributed by atoms with Crippen molar-refractivity contribution >= 4 is 35.4 Å². The number of carbonyl (C=O) groups is 1. The molecule has 0 unspecified atom stereocenters. The van der Waals surface area contributed by atoms with Crippen molar-refractivity contribution in [3.8, 4) is 11.5 Å².